The van der Waals surface area contributed by atoms with Crippen LogP contribution in [0.5, 0.6) is 0 Å². The lowest BCUT2D eigenvalue weighted by Crippen LogP contribution is -2.27. The summed E-state index contributed by atoms with van der Waals surface area (Å²) >= 11 is 1.37. The highest BCUT2D eigenvalue weighted by atomic mass is 35.5. The van der Waals surface area contributed by atoms with Crippen LogP contribution in [0, 0.1) is 11.6 Å². The van der Waals surface area contributed by atoms with E-state index in [2.05, 4.69) is 10.3 Å². The van der Waals surface area contributed by atoms with Crippen molar-refractivity contribution < 1.29 is 13.6 Å². The Morgan fingerprint density at radius 3 is 2.77 bits per heavy atom. The van der Waals surface area contributed by atoms with Crippen molar-refractivity contribution >= 4 is 29.7 Å². The molecule has 0 fully saturated rings. The van der Waals surface area contributed by atoms with Gasteiger partial charge in [-0.05, 0) is 31.2 Å². The Kier molecular flexibility index (Phi) is 6.86. The Labute approximate surface area is 137 Å². The van der Waals surface area contributed by atoms with E-state index in [4.69, 9.17) is 5.73 Å². The maximum atomic E-state index is 13.2. The fourth-order valence-corrected chi connectivity index (χ4v) is 2.58. The number of hydrogen-bond acceptors (Lipinski definition) is 4. The number of carbonyl (C=O) groups excluding carboxylic acids is 1. The molecule has 2 rings (SSSR count). The lowest BCUT2D eigenvalue weighted by molar-refractivity contribution is 0.0935. The van der Waals surface area contributed by atoms with Gasteiger partial charge in [0.05, 0.1) is 11.0 Å². The molecule has 0 aliphatic rings. The maximum absolute atomic E-state index is 13.2. The van der Waals surface area contributed by atoms with Gasteiger partial charge >= 0.3 is 0 Å². The highest BCUT2D eigenvalue weighted by Crippen LogP contribution is 2.17. The predicted molar refractivity (Wildman–Crippen MR) is 84.4 cm³/mol. The number of benzene rings is 1. The van der Waals surface area contributed by atoms with Gasteiger partial charge in [0.1, 0.15) is 5.69 Å². The number of nitrogens with one attached hydrogen (secondary N) is 1. The van der Waals surface area contributed by atoms with E-state index < -0.39 is 17.7 Å². The zero-order valence-electron chi connectivity index (χ0n) is 11.8. The summed E-state index contributed by atoms with van der Waals surface area (Å²) in [5, 5.41) is 5.15. The van der Waals surface area contributed by atoms with Crippen LogP contribution in [0.4, 0.5) is 8.78 Å². The van der Waals surface area contributed by atoms with Gasteiger partial charge in [-0.1, -0.05) is 6.07 Å². The molecule has 0 radical (unpaired) electrons. The minimum atomic E-state index is -0.938. The number of halogens is 3. The molecule has 3 N–H and O–H groups in total. The van der Waals surface area contributed by atoms with Crippen molar-refractivity contribution in [3.8, 4) is 0 Å². The number of nitrogens with two attached hydrogens (primary N) is 1. The highest BCUT2D eigenvalue weighted by molar-refractivity contribution is 7.09. The van der Waals surface area contributed by atoms with Crippen molar-refractivity contribution in [3.63, 3.8) is 0 Å². The fourth-order valence-electron chi connectivity index (χ4n) is 1.79. The van der Waals surface area contributed by atoms with Gasteiger partial charge in [-0.25, -0.2) is 13.8 Å². The first-order valence-corrected chi connectivity index (χ1v) is 7.29. The summed E-state index contributed by atoms with van der Waals surface area (Å²) < 4.78 is 26.1. The van der Waals surface area contributed by atoms with Crippen molar-refractivity contribution in [2.75, 3.05) is 6.54 Å². The number of hydrogen-bond donors (Lipinski definition) is 2. The highest BCUT2D eigenvalue weighted by Gasteiger charge is 2.15. The molecule has 1 aromatic heterocycles. The average Bonchev–Trinajstić information content (AvgIpc) is 2.91. The van der Waals surface area contributed by atoms with Crippen LogP contribution in [0.1, 0.15) is 34.0 Å². The van der Waals surface area contributed by atoms with Gasteiger partial charge in [0.25, 0.3) is 5.91 Å². The summed E-state index contributed by atoms with van der Waals surface area (Å²) in [4.78, 5) is 16.2. The smallest absolute Gasteiger partial charge is 0.271 e. The first-order chi connectivity index (χ1) is 10.0. The molecule has 1 unspecified atom stereocenters. The van der Waals surface area contributed by atoms with Crippen molar-refractivity contribution in [2.24, 2.45) is 5.73 Å². The van der Waals surface area contributed by atoms with Gasteiger partial charge in [-0.3, -0.25) is 4.79 Å². The molecule has 0 saturated heterocycles. The molecule has 0 bridgehead atoms. The van der Waals surface area contributed by atoms with Gasteiger partial charge in [0, 0.05) is 11.8 Å². The van der Waals surface area contributed by atoms with Crippen molar-refractivity contribution in [1.29, 1.82) is 0 Å². The van der Waals surface area contributed by atoms with Crippen LogP contribution >= 0.6 is 23.7 Å². The minimum Gasteiger partial charge on any atom is -0.344 e. The number of thiazole rings is 1. The Morgan fingerprint density at radius 2 is 2.14 bits per heavy atom. The molecule has 0 saturated carbocycles. The Bertz CT molecular complexity index is 651. The van der Waals surface area contributed by atoms with Crippen LogP contribution in [0.2, 0.25) is 0 Å². The summed E-state index contributed by atoms with van der Waals surface area (Å²) in [5.74, 6) is -2.21. The Morgan fingerprint density at radius 1 is 1.41 bits per heavy atom. The molecular weight excluding hydrogens is 332 g/mol. The van der Waals surface area contributed by atoms with Crippen molar-refractivity contribution in [3.05, 3.63) is 51.5 Å². The second-order valence-corrected chi connectivity index (χ2v) is 5.48. The standard InChI is InChI=1S/C14H15F2N3OS.ClH/c1-8(9-2-3-10(15)11(16)6-9)18-14(20)12-7-21-13(19-12)4-5-17;/h2-3,6-8H,4-5,17H2,1H3,(H,18,20);1H. The SMILES string of the molecule is CC(NC(=O)c1csc(CCN)n1)c1ccc(F)c(F)c1.Cl. The topological polar surface area (TPSA) is 68.0 Å². The Balaban J connectivity index is 0.00000242. The summed E-state index contributed by atoms with van der Waals surface area (Å²) in [6.45, 7) is 2.16. The van der Waals surface area contributed by atoms with Gasteiger partial charge < -0.3 is 11.1 Å². The van der Waals surface area contributed by atoms with Gasteiger partial charge in [-0.2, -0.15) is 0 Å². The molecule has 1 atom stereocenters. The van der Waals surface area contributed by atoms with Crippen LogP contribution < -0.4 is 11.1 Å². The van der Waals surface area contributed by atoms with E-state index in [0.29, 0.717) is 24.2 Å². The van der Waals surface area contributed by atoms with E-state index in [0.717, 1.165) is 17.1 Å². The molecule has 2 aromatic rings. The molecule has 1 aromatic carbocycles. The van der Waals surface area contributed by atoms with Crippen LogP contribution in [0.25, 0.3) is 0 Å². The Hall–Kier alpha value is -1.57. The predicted octanol–water partition coefficient (Wildman–Crippen LogP) is 2.84. The van der Waals surface area contributed by atoms with Gasteiger partial charge in [0.15, 0.2) is 11.6 Å². The zero-order valence-corrected chi connectivity index (χ0v) is 13.4. The third kappa shape index (κ3) is 4.46. The van der Waals surface area contributed by atoms with E-state index in [1.165, 1.54) is 17.4 Å². The van der Waals surface area contributed by atoms with Gasteiger partial charge in [0.2, 0.25) is 0 Å². The summed E-state index contributed by atoms with van der Waals surface area (Å²) in [5.41, 5.74) is 6.22. The monoisotopic (exact) mass is 347 g/mol. The van der Waals surface area contributed by atoms with E-state index in [-0.39, 0.29) is 18.3 Å². The summed E-state index contributed by atoms with van der Waals surface area (Å²) in [6.07, 6.45) is 0.622. The number of amides is 1. The van der Waals surface area contributed by atoms with Crippen LogP contribution in [0.15, 0.2) is 23.6 Å². The lowest BCUT2D eigenvalue weighted by atomic mass is 10.1. The largest absolute Gasteiger partial charge is 0.344 e. The molecule has 1 heterocycles. The number of rotatable bonds is 5. The van der Waals surface area contributed by atoms with E-state index in [1.807, 2.05) is 0 Å². The van der Waals surface area contributed by atoms with Gasteiger partial charge in [-0.15, -0.1) is 23.7 Å². The number of aromatic nitrogens is 1. The fraction of sp³-hybridized carbons (Fsp3) is 0.286. The number of nitrogens with zero attached hydrogens (tertiary/aromatic N) is 1. The third-order valence-corrected chi connectivity index (χ3v) is 3.84. The molecule has 8 heteroatoms. The van der Waals surface area contributed by atoms with Crippen LogP contribution in [-0.4, -0.2) is 17.4 Å². The second-order valence-electron chi connectivity index (χ2n) is 4.53. The first-order valence-electron chi connectivity index (χ1n) is 6.41. The molecular formula is C14H16ClF2N3OS. The molecule has 0 spiro atoms. The molecule has 22 heavy (non-hydrogen) atoms. The average molecular weight is 348 g/mol. The normalized spacial score (nSPS) is 11.6. The summed E-state index contributed by atoms with van der Waals surface area (Å²) in [7, 11) is 0. The van der Waals surface area contributed by atoms with Crippen molar-refractivity contribution in [2.45, 2.75) is 19.4 Å². The van der Waals surface area contributed by atoms with E-state index in [9.17, 15) is 13.6 Å². The third-order valence-electron chi connectivity index (χ3n) is 2.93. The quantitative estimate of drug-likeness (QED) is 0.874. The molecule has 0 aliphatic heterocycles. The maximum Gasteiger partial charge on any atom is 0.271 e. The van der Waals surface area contributed by atoms with E-state index >= 15 is 0 Å². The lowest BCUT2D eigenvalue weighted by Gasteiger charge is -2.13. The molecule has 1 amide bonds. The number of carbonyl (C=O) groups is 1. The minimum absolute atomic E-state index is 0. The zero-order chi connectivity index (χ0) is 15.4. The van der Waals surface area contributed by atoms with Crippen LogP contribution in [0.3, 0.4) is 0 Å². The van der Waals surface area contributed by atoms with E-state index in [1.54, 1.807) is 12.3 Å². The molecule has 120 valence electrons. The molecule has 4 nitrogen and oxygen atoms in total. The van der Waals surface area contributed by atoms with Crippen LogP contribution in [-0.2, 0) is 6.42 Å². The second kappa shape index (κ2) is 8.17. The first kappa shape index (κ1) is 18.5. The van der Waals surface area contributed by atoms with Crippen molar-refractivity contribution in [1.82, 2.24) is 10.3 Å². The summed E-state index contributed by atoms with van der Waals surface area (Å²) in [6, 6.07) is 3.09. The molecule has 0 aliphatic carbocycles.